The summed E-state index contributed by atoms with van der Waals surface area (Å²) in [5.74, 6) is 0. The van der Waals surface area contributed by atoms with Crippen molar-refractivity contribution in [2.24, 2.45) is 0 Å². The van der Waals surface area contributed by atoms with Gasteiger partial charge in [0.05, 0.1) is 0 Å². The fraction of sp³-hybridized carbons (Fsp3) is 0. The molecule has 0 amide bonds. The molecule has 1 aromatic carbocycles. The summed E-state index contributed by atoms with van der Waals surface area (Å²) in [5.41, 5.74) is 0. The fourth-order valence-electron chi connectivity index (χ4n) is 0.457. The second-order valence-electron chi connectivity index (χ2n) is 1.47. The summed E-state index contributed by atoms with van der Waals surface area (Å²) >= 11 is 8.97. The van der Waals surface area contributed by atoms with E-state index in [1.165, 1.54) is 0 Å². The van der Waals surface area contributed by atoms with E-state index in [2.05, 4.69) is 12.6 Å². The maximum Gasteiger partial charge on any atom is -0.0151 e. The van der Waals surface area contributed by atoms with Gasteiger partial charge in [-0.15, -0.1) is 12.6 Å². The van der Waals surface area contributed by atoms with Gasteiger partial charge in [-0.25, -0.2) is 0 Å². The molecule has 1 rings (SSSR count). The molecule has 8 heavy (non-hydrogen) atoms. The second kappa shape index (κ2) is 2.37. The number of thiol groups is 1. The van der Waals surface area contributed by atoms with Crippen LogP contribution in [0.15, 0.2) is 34.1 Å². The highest BCUT2D eigenvalue weighted by atomic mass is 32.1. The van der Waals surface area contributed by atoms with Crippen molar-refractivity contribution < 1.29 is 0 Å². The minimum absolute atomic E-state index is 0.816. The highest BCUT2D eigenvalue weighted by molar-refractivity contribution is 7.80. The molecule has 0 fully saturated rings. The molecule has 2 heteroatoms. The number of hydrogen-bond acceptors (Lipinski definition) is 2. The Morgan fingerprint density at radius 1 is 1.25 bits per heavy atom. The van der Waals surface area contributed by atoms with Gasteiger partial charge in [0.1, 0.15) is 0 Å². The maximum atomic E-state index is 4.88. The zero-order valence-electron chi connectivity index (χ0n) is 4.16. The van der Waals surface area contributed by atoms with Gasteiger partial charge >= 0.3 is 0 Å². The van der Waals surface area contributed by atoms with Crippen LogP contribution in [0.25, 0.3) is 0 Å². The van der Waals surface area contributed by atoms with E-state index in [-0.39, 0.29) is 0 Å². The molecule has 0 aliphatic rings. The lowest BCUT2D eigenvalue weighted by Crippen LogP contribution is -1.69. The lowest BCUT2D eigenvalue weighted by Gasteiger charge is -2.05. The first kappa shape index (κ1) is 5.92. The second-order valence-corrected chi connectivity index (χ2v) is 2.39. The molecule has 0 radical (unpaired) electrons. The molecule has 0 saturated carbocycles. The topological polar surface area (TPSA) is 0 Å². The Bertz CT molecular complexity index is 163. The van der Waals surface area contributed by atoms with Gasteiger partial charge in [-0.05, 0) is 4.90 Å². The number of rotatable bonds is 0. The zero-order valence-corrected chi connectivity index (χ0v) is 5.88. The van der Waals surface area contributed by atoms with E-state index in [1.54, 1.807) is 0 Å². The van der Waals surface area contributed by atoms with Crippen LogP contribution in [0.1, 0.15) is 0 Å². The van der Waals surface area contributed by atoms with Gasteiger partial charge < -0.3 is 12.6 Å². The molecular weight excluding hydrogens is 136 g/mol. The van der Waals surface area contributed by atoms with E-state index in [1.807, 2.05) is 24.3 Å². The van der Waals surface area contributed by atoms with Crippen molar-refractivity contribution in [2.45, 2.75) is 9.79 Å². The van der Waals surface area contributed by atoms with Crippen LogP contribution in [0, 0.1) is 0 Å². The van der Waals surface area contributed by atoms with Crippen LogP contribution in [-0.2, 0) is 12.6 Å². The van der Waals surface area contributed by atoms with Crippen LogP contribution in [0.2, 0.25) is 0 Å². The van der Waals surface area contributed by atoms with Crippen LogP contribution >= 0.6 is 12.6 Å². The summed E-state index contributed by atoms with van der Waals surface area (Å²) in [7, 11) is 0. The smallest absolute Gasteiger partial charge is 0.0151 e. The van der Waals surface area contributed by atoms with Crippen molar-refractivity contribution >= 4 is 25.3 Å². The summed E-state index contributed by atoms with van der Waals surface area (Å²) in [6.07, 6.45) is 0. The molecule has 0 aromatic heterocycles. The van der Waals surface area contributed by atoms with Crippen LogP contribution in [0.4, 0.5) is 0 Å². The lowest BCUT2D eigenvalue weighted by molar-refractivity contribution is 1.27. The third-order valence-electron chi connectivity index (χ3n) is 0.865. The minimum Gasteiger partial charge on any atom is -0.779 e. The lowest BCUT2D eigenvalue weighted by atomic mass is 10.4. The molecular formula is C6H5S2-. The van der Waals surface area contributed by atoms with Gasteiger partial charge in [0.15, 0.2) is 0 Å². The average Bonchev–Trinajstić information content (AvgIpc) is 1.77. The monoisotopic (exact) mass is 141 g/mol. The molecule has 0 saturated heterocycles. The van der Waals surface area contributed by atoms with E-state index >= 15 is 0 Å². The van der Waals surface area contributed by atoms with Crippen molar-refractivity contribution in [1.29, 1.82) is 0 Å². The van der Waals surface area contributed by atoms with E-state index in [0.29, 0.717) is 0 Å². The largest absolute Gasteiger partial charge is 0.779 e. The average molecular weight is 141 g/mol. The molecule has 0 aliphatic heterocycles. The number of benzene rings is 1. The molecule has 0 heterocycles. The van der Waals surface area contributed by atoms with Crippen molar-refractivity contribution in [1.82, 2.24) is 0 Å². The van der Waals surface area contributed by atoms with E-state index < -0.39 is 0 Å². The Hall–Kier alpha value is -0.210. The Morgan fingerprint density at radius 3 is 2.25 bits per heavy atom. The standard InChI is InChI=1S/C6H6S2/c7-5-3-1-2-4-6(5)8/h1-4,7-8H/p-1. The summed E-state index contributed by atoms with van der Waals surface area (Å²) in [6.45, 7) is 0. The van der Waals surface area contributed by atoms with Crippen molar-refractivity contribution in [3.8, 4) is 0 Å². The Morgan fingerprint density at radius 2 is 1.88 bits per heavy atom. The van der Waals surface area contributed by atoms with Gasteiger partial charge in [-0.1, -0.05) is 24.3 Å². The molecule has 1 aromatic rings. The third kappa shape index (κ3) is 1.14. The first-order valence-corrected chi connectivity index (χ1v) is 3.11. The molecule has 0 atom stereocenters. The molecule has 0 unspecified atom stereocenters. The predicted octanol–water partition coefficient (Wildman–Crippen LogP) is 1.88. The van der Waals surface area contributed by atoms with E-state index in [9.17, 15) is 0 Å². The normalized spacial score (nSPS) is 9.12. The summed E-state index contributed by atoms with van der Waals surface area (Å²) < 4.78 is 0. The van der Waals surface area contributed by atoms with Gasteiger partial charge in [0.25, 0.3) is 0 Å². The Kier molecular flexibility index (Phi) is 1.76. The summed E-state index contributed by atoms with van der Waals surface area (Å²) in [5, 5.41) is 0. The SMILES string of the molecule is [S-]c1ccccc1S. The van der Waals surface area contributed by atoms with Gasteiger partial charge in [-0.2, -0.15) is 4.90 Å². The van der Waals surface area contributed by atoms with Crippen molar-refractivity contribution in [3.05, 3.63) is 24.3 Å². The Balaban J connectivity index is 3.13. The highest BCUT2D eigenvalue weighted by Crippen LogP contribution is 2.10. The van der Waals surface area contributed by atoms with Gasteiger partial charge in [0.2, 0.25) is 0 Å². The fourth-order valence-corrected chi connectivity index (χ4v) is 0.764. The third-order valence-corrected chi connectivity index (χ3v) is 1.76. The van der Waals surface area contributed by atoms with Gasteiger partial charge in [-0.3, -0.25) is 0 Å². The molecule has 0 nitrogen and oxygen atoms in total. The molecule has 0 N–H and O–H groups in total. The molecule has 42 valence electrons. The molecule has 0 spiro atoms. The number of hydrogen-bond donors (Lipinski definition) is 1. The molecule has 0 aliphatic carbocycles. The first-order valence-electron chi connectivity index (χ1n) is 2.26. The van der Waals surface area contributed by atoms with Crippen molar-refractivity contribution in [3.63, 3.8) is 0 Å². The molecule has 0 bridgehead atoms. The quantitative estimate of drug-likeness (QED) is 0.425. The van der Waals surface area contributed by atoms with Crippen LogP contribution < -0.4 is 0 Å². The maximum absolute atomic E-state index is 4.88. The van der Waals surface area contributed by atoms with Crippen LogP contribution in [-0.4, -0.2) is 0 Å². The summed E-state index contributed by atoms with van der Waals surface area (Å²) in [4.78, 5) is 1.69. The van der Waals surface area contributed by atoms with Gasteiger partial charge in [0, 0.05) is 0 Å². The zero-order chi connectivity index (χ0) is 5.98. The minimum atomic E-state index is 0.816. The summed E-state index contributed by atoms with van der Waals surface area (Å²) in [6, 6.07) is 7.56. The first-order chi connectivity index (χ1) is 3.80. The van der Waals surface area contributed by atoms with E-state index in [4.69, 9.17) is 12.6 Å². The van der Waals surface area contributed by atoms with Crippen LogP contribution in [0.5, 0.6) is 0 Å². The van der Waals surface area contributed by atoms with Crippen LogP contribution in [0.3, 0.4) is 0 Å². The Labute approximate surface area is 59.7 Å². The van der Waals surface area contributed by atoms with Crippen molar-refractivity contribution in [2.75, 3.05) is 0 Å². The highest BCUT2D eigenvalue weighted by Gasteiger charge is 1.77. The van der Waals surface area contributed by atoms with E-state index in [0.717, 1.165) is 9.79 Å². The predicted molar refractivity (Wildman–Crippen MR) is 39.3 cm³/mol.